The van der Waals surface area contributed by atoms with E-state index in [0.29, 0.717) is 5.65 Å². The second kappa shape index (κ2) is 5.92. The Morgan fingerprint density at radius 1 is 1.24 bits per heavy atom. The molecule has 0 aliphatic heterocycles. The number of carbonyl (C=O) groups is 1. The Kier molecular flexibility index (Phi) is 3.83. The molecule has 3 rings (SSSR count). The molecule has 1 aromatic carbocycles. The monoisotopic (exact) mass is 299 g/mol. The van der Waals surface area contributed by atoms with E-state index < -0.39 is 0 Å². The minimum atomic E-state index is -0.0697. The highest BCUT2D eigenvalue weighted by atomic mass is 32.2. The number of rotatable bonds is 4. The van der Waals surface area contributed by atoms with E-state index in [2.05, 4.69) is 25.3 Å². The van der Waals surface area contributed by atoms with Crippen molar-refractivity contribution in [3.05, 3.63) is 42.5 Å². The maximum absolute atomic E-state index is 11.0. The smallest absolute Gasteiger partial charge is 0.221 e. The molecule has 2 aromatic heterocycles. The highest BCUT2D eigenvalue weighted by Gasteiger charge is 2.06. The molecule has 2 heterocycles. The molecule has 2 N–H and O–H groups in total. The second-order valence-electron chi connectivity index (χ2n) is 4.45. The van der Waals surface area contributed by atoms with Gasteiger partial charge in [-0.05, 0) is 17.7 Å². The van der Waals surface area contributed by atoms with Crippen LogP contribution in [-0.2, 0) is 10.5 Å². The second-order valence-corrected chi connectivity index (χ2v) is 5.41. The van der Waals surface area contributed by atoms with Gasteiger partial charge in [-0.3, -0.25) is 4.79 Å². The predicted octanol–water partition coefficient (Wildman–Crippen LogP) is 2.60. The average molecular weight is 299 g/mol. The fourth-order valence-electron chi connectivity index (χ4n) is 1.89. The summed E-state index contributed by atoms with van der Waals surface area (Å²) in [5.41, 5.74) is 3.49. The topological polar surface area (TPSA) is 83.6 Å². The van der Waals surface area contributed by atoms with Gasteiger partial charge in [-0.1, -0.05) is 23.9 Å². The van der Waals surface area contributed by atoms with Gasteiger partial charge in [-0.15, -0.1) is 0 Å². The summed E-state index contributed by atoms with van der Waals surface area (Å²) in [7, 11) is 0. The minimum absolute atomic E-state index is 0.0697. The van der Waals surface area contributed by atoms with Crippen LogP contribution in [0, 0.1) is 0 Å². The van der Waals surface area contributed by atoms with E-state index in [1.54, 1.807) is 18.1 Å². The molecule has 0 aliphatic rings. The SMILES string of the molecule is CC(=O)Nc1ccc(CSc2ncnc3nc[nH]c23)cc1. The van der Waals surface area contributed by atoms with Crippen LogP contribution in [0.4, 0.5) is 5.69 Å². The standard InChI is InChI=1S/C14H13N5OS/c1-9(20)19-11-4-2-10(3-5-11)6-21-14-12-13(16-7-15-12)17-8-18-14/h2-5,7-8H,6H2,1H3,(H,19,20)(H,15,16,17,18). The van der Waals surface area contributed by atoms with Crippen molar-refractivity contribution >= 4 is 34.5 Å². The lowest BCUT2D eigenvalue weighted by Crippen LogP contribution is -2.05. The Bertz CT molecular complexity index is 768. The van der Waals surface area contributed by atoms with Crippen molar-refractivity contribution in [2.24, 2.45) is 0 Å². The number of anilines is 1. The maximum atomic E-state index is 11.0. The first kappa shape index (κ1) is 13.6. The summed E-state index contributed by atoms with van der Waals surface area (Å²) in [4.78, 5) is 26.5. The largest absolute Gasteiger partial charge is 0.341 e. The van der Waals surface area contributed by atoms with Gasteiger partial charge in [0.05, 0.1) is 6.33 Å². The van der Waals surface area contributed by atoms with Crippen molar-refractivity contribution in [3.63, 3.8) is 0 Å². The van der Waals surface area contributed by atoms with Gasteiger partial charge in [0.1, 0.15) is 16.9 Å². The van der Waals surface area contributed by atoms with Gasteiger partial charge in [-0.2, -0.15) is 0 Å². The van der Waals surface area contributed by atoms with Crippen molar-refractivity contribution < 1.29 is 4.79 Å². The number of amides is 1. The zero-order chi connectivity index (χ0) is 14.7. The first-order valence-electron chi connectivity index (χ1n) is 6.36. The van der Waals surface area contributed by atoms with Gasteiger partial charge in [-0.25, -0.2) is 15.0 Å². The van der Waals surface area contributed by atoms with Crippen LogP contribution in [-0.4, -0.2) is 25.8 Å². The number of nitrogens with one attached hydrogen (secondary N) is 2. The van der Waals surface area contributed by atoms with Crippen LogP contribution in [0.2, 0.25) is 0 Å². The molecule has 0 saturated heterocycles. The first-order valence-corrected chi connectivity index (χ1v) is 7.34. The number of thioether (sulfide) groups is 1. The van der Waals surface area contributed by atoms with E-state index >= 15 is 0 Å². The third-order valence-corrected chi connectivity index (χ3v) is 3.90. The van der Waals surface area contributed by atoms with Crippen LogP contribution in [0.5, 0.6) is 0 Å². The summed E-state index contributed by atoms with van der Waals surface area (Å²) in [6.07, 6.45) is 3.14. The van der Waals surface area contributed by atoms with Crippen molar-refractivity contribution in [2.75, 3.05) is 5.32 Å². The Labute approximate surface area is 125 Å². The maximum Gasteiger partial charge on any atom is 0.221 e. The molecule has 106 valence electrons. The van der Waals surface area contributed by atoms with Gasteiger partial charge in [0.2, 0.25) is 5.91 Å². The molecule has 6 nitrogen and oxygen atoms in total. The van der Waals surface area contributed by atoms with E-state index in [1.807, 2.05) is 24.3 Å². The molecule has 1 amide bonds. The normalized spacial score (nSPS) is 10.7. The third kappa shape index (κ3) is 3.19. The summed E-state index contributed by atoms with van der Waals surface area (Å²) in [6, 6.07) is 7.76. The molecule has 7 heteroatoms. The molecular weight excluding hydrogens is 286 g/mol. The van der Waals surface area contributed by atoms with Crippen LogP contribution < -0.4 is 5.32 Å². The molecule has 0 spiro atoms. The predicted molar refractivity (Wildman–Crippen MR) is 82.0 cm³/mol. The van der Waals surface area contributed by atoms with Crippen LogP contribution in [0.3, 0.4) is 0 Å². The molecule has 0 saturated carbocycles. The van der Waals surface area contributed by atoms with Gasteiger partial charge in [0.15, 0.2) is 5.65 Å². The highest BCUT2D eigenvalue weighted by molar-refractivity contribution is 7.98. The third-order valence-electron chi connectivity index (χ3n) is 2.84. The summed E-state index contributed by atoms with van der Waals surface area (Å²) in [5, 5.41) is 3.63. The van der Waals surface area contributed by atoms with Crippen LogP contribution in [0.25, 0.3) is 11.2 Å². The number of hydrogen-bond acceptors (Lipinski definition) is 5. The minimum Gasteiger partial charge on any atom is -0.341 e. The van der Waals surface area contributed by atoms with Crippen molar-refractivity contribution in [1.82, 2.24) is 19.9 Å². The zero-order valence-corrected chi connectivity index (χ0v) is 12.1. The Morgan fingerprint density at radius 3 is 2.81 bits per heavy atom. The van der Waals surface area contributed by atoms with Gasteiger partial charge in [0.25, 0.3) is 0 Å². The van der Waals surface area contributed by atoms with Crippen LogP contribution >= 0.6 is 11.8 Å². The number of imidazole rings is 1. The van der Waals surface area contributed by atoms with Crippen molar-refractivity contribution in [2.45, 2.75) is 17.7 Å². The average Bonchev–Trinajstić information content (AvgIpc) is 2.95. The number of benzene rings is 1. The Morgan fingerprint density at radius 2 is 2.05 bits per heavy atom. The zero-order valence-electron chi connectivity index (χ0n) is 11.3. The lowest BCUT2D eigenvalue weighted by atomic mass is 10.2. The van der Waals surface area contributed by atoms with E-state index in [4.69, 9.17) is 0 Å². The summed E-state index contributed by atoms with van der Waals surface area (Å²) < 4.78 is 0. The van der Waals surface area contributed by atoms with Crippen LogP contribution in [0.1, 0.15) is 12.5 Å². The molecule has 0 aliphatic carbocycles. The molecule has 0 bridgehead atoms. The Balaban J connectivity index is 1.70. The van der Waals surface area contributed by atoms with E-state index in [0.717, 1.165) is 27.5 Å². The van der Waals surface area contributed by atoms with Gasteiger partial charge < -0.3 is 10.3 Å². The number of aromatic nitrogens is 4. The highest BCUT2D eigenvalue weighted by Crippen LogP contribution is 2.25. The van der Waals surface area contributed by atoms with E-state index in [-0.39, 0.29) is 5.91 Å². The van der Waals surface area contributed by atoms with Crippen LogP contribution in [0.15, 0.2) is 41.9 Å². The van der Waals surface area contributed by atoms with E-state index in [1.165, 1.54) is 13.3 Å². The van der Waals surface area contributed by atoms with Crippen molar-refractivity contribution in [3.8, 4) is 0 Å². The summed E-state index contributed by atoms with van der Waals surface area (Å²) in [6.45, 7) is 1.49. The summed E-state index contributed by atoms with van der Waals surface area (Å²) >= 11 is 1.62. The molecular formula is C14H13N5OS. The molecule has 0 atom stereocenters. The number of H-pyrrole nitrogens is 1. The molecule has 3 aromatic rings. The number of aromatic amines is 1. The number of carbonyl (C=O) groups excluding carboxylic acids is 1. The number of fused-ring (bicyclic) bond motifs is 1. The fourth-order valence-corrected chi connectivity index (χ4v) is 2.80. The Hall–Kier alpha value is -2.41. The number of hydrogen-bond donors (Lipinski definition) is 2. The molecule has 0 unspecified atom stereocenters. The molecule has 21 heavy (non-hydrogen) atoms. The lowest BCUT2D eigenvalue weighted by molar-refractivity contribution is -0.114. The van der Waals surface area contributed by atoms with Gasteiger partial charge in [0, 0.05) is 18.4 Å². The number of nitrogens with zero attached hydrogens (tertiary/aromatic N) is 3. The summed E-state index contributed by atoms with van der Waals surface area (Å²) in [5.74, 6) is 0.714. The van der Waals surface area contributed by atoms with Crippen molar-refractivity contribution in [1.29, 1.82) is 0 Å². The first-order chi connectivity index (χ1) is 10.2. The molecule has 0 fully saturated rings. The molecule has 0 radical (unpaired) electrons. The quantitative estimate of drug-likeness (QED) is 0.571. The van der Waals surface area contributed by atoms with E-state index in [9.17, 15) is 4.79 Å². The lowest BCUT2D eigenvalue weighted by Gasteiger charge is -2.05. The van der Waals surface area contributed by atoms with Gasteiger partial charge >= 0.3 is 0 Å². The fraction of sp³-hybridized carbons (Fsp3) is 0.143.